The summed E-state index contributed by atoms with van der Waals surface area (Å²) < 4.78 is 0. The highest BCUT2D eigenvalue weighted by Crippen LogP contribution is 2.20. The van der Waals surface area contributed by atoms with Gasteiger partial charge in [0, 0.05) is 0 Å². The summed E-state index contributed by atoms with van der Waals surface area (Å²) in [5.74, 6) is -2.03. The van der Waals surface area contributed by atoms with Crippen molar-refractivity contribution in [2.24, 2.45) is 11.8 Å². The molecule has 0 radical (unpaired) electrons. The van der Waals surface area contributed by atoms with Crippen molar-refractivity contribution in [3.05, 3.63) is 0 Å². The zero-order chi connectivity index (χ0) is 10.9. The molecule has 0 saturated carbocycles. The topological polar surface area (TPSA) is 63.2 Å². The lowest BCUT2D eigenvalue weighted by molar-refractivity contribution is -0.135. The van der Waals surface area contributed by atoms with Gasteiger partial charge in [0.2, 0.25) is 5.91 Å². The molecule has 1 aliphatic rings. The van der Waals surface area contributed by atoms with E-state index in [1.54, 1.807) is 0 Å². The van der Waals surface area contributed by atoms with Gasteiger partial charge in [0.25, 0.3) is 0 Å². The van der Waals surface area contributed by atoms with Gasteiger partial charge in [-0.25, -0.2) is 0 Å². The van der Waals surface area contributed by atoms with Gasteiger partial charge in [0.05, 0.1) is 6.04 Å². The summed E-state index contributed by atoms with van der Waals surface area (Å²) in [7, 11) is 0. The average molecular weight is 197 g/mol. The minimum Gasteiger partial charge on any atom is -0.345 e. The molecule has 1 heterocycles. The number of ketones is 2. The molecule has 4 heteroatoms. The molecule has 1 fully saturated rings. The Hall–Kier alpha value is -1.19. The smallest absolute Gasteiger partial charge is 0.238 e. The van der Waals surface area contributed by atoms with Gasteiger partial charge in [0.15, 0.2) is 11.7 Å². The monoisotopic (exact) mass is 197 g/mol. The average Bonchev–Trinajstić information content (AvgIpc) is 2.40. The predicted octanol–water partition coefficient (Wildman–Crippen LogP) is 0.305. The second-order valence-electron chi connectivity index (χ2n) is 3.82. The number of nitrogens with one attached hydrogen (secondary N) is 1. The fourth-order valence-electron chi connectivity index (χ4n) is 1.66. The fraction of sp³-hybridized carbons (Fsp3) is 0.700. The molecule has 1 rings (SSSR count). The zero-order valence-corrected chi connectivity index (χ0v) is 8.66. The van der Waals surface area contributed by atoms with E-state index in [0.717, 1.165) is 6.42 Å². The van der Waals surface area contributed by atoms with Crippen molar-refractivity contribution in [3.8, 4) is 0 Å². The zero-order valence-electron chi connectivity index (χ0n) is 8.66. The lowest BCUT2D eigenvalue weighted by atomic mass is 9.91. The Morgan fingerprint density at radius 1 is 1.50 bits per heavy atom. The van der Waals surface area contributed by atoms with Crippen LogP contribution in [0.2, 0.25) is 0 Å². The second-order valence-corrected chi connectivity index (χ2v) is 3.82. The van der Waals surface area contributed by atoms with Crippen molar-refractivity contribution in [3.63, 3.8) is 0 Å². The molecule has 0 unspecified atom stereocenters. The molecular formula is C10H15NO3. The number of hydrogen-bond acceptors (Lipinski definition) is 3. The normalized spacial score (nSPS) is 28.8. The van der Waals surface area contributed by atoms with Crippen LogP contribution in [0.4, 0.5) is 0 Å². The Morgan fingerprint density at radius 2 is 2.07 bits per heavy atom. The van der Waals surface area contributed by atoms with Crippen LogP contribution in [0.5, 0.6) is 0 Å². The number of carbonyl (C=O) groups excluding carboxylic acids is 3. The Bertz CT molecular complexity index is 285. The number of carbonyl (C=O) groups is 3. The summed E-state index contributed by atoms with van der Waals surface area (Å²) in [6.45, 7) is 5.12. The van der Waals surface area contributed by atoms with Crippen LogP contribution in [-0.4, -0.2) is 23.5 Å². The highest BCUT2D eigenvalue weighted by molar-refractivity contribution is 6.23. The van der Waals surface area contributed by atoms with Crippen LogP contribution in [0, 0.1) is 11.8 Å². The molecule has 0 spiro atoms. The van der Waals surface area contributed by atoms with Gasteiger partial charge in [-0.05, 0) is 12.8 Å². The van der Waals surface area contributed by atoms with Crippen LogP contribution in [0.15, 0.2) is 0 Å². The van der Waals surface area contributed by atoms with E-state index in [2.05, 4.69) is 5.32 Å². The van der Waals surface area contributed by atoms with Crippen molar-refractivity contribution >= 4 is 17.5 Å². The highest BCUT2D eigenvalue weighted by Gasteiger charge is 2.45. The maximum absolute atomic E-state index is 11.7. The van der Waals surface area contributed by atoms with Crippen molar-refractivity contribution in [2.45, 2.75) is 33.2 Å². The number of amides is 1. The largest absolute Gasteiger partial charge is 0.345 e. The maximum atomic E-state index is 11.7. The van der Waals surface area contributed by atoms with Crippen LogP contribution in [0.25, 0.3) is 0 Å². The van der Waals surface area contributed by atoms with Gasteiger partial charge in [-0.2, -0.15) is 0 Å². The Balaban J connectivity index is 2.84. The first-order valence-corrected chi connectivity index (χ1v) is 4.83. The van der Waals surface area contributed by atoms with Crippen LogP contribution in [0.1, 0.15) is 27.2 Å². The van der Waals surface area contributed by atoms with Crippen LogP contribution in [-0.2, 0) is 14.4 Å². The van der Waals surface area contributed by atoms with Crippen LogP contribution >= 0.6 is 0 Å². The van der Waals surface area contributed by atoms with Gasteiger partial charge < -0.3 is 5.32 Å². The number of Topliss-reactive ketones (excluding diaryl/α,β-unsaturated/α-hetero) is 2. The lowest BCUT2D eigenvalue weighted by Crippen LogP contribution is -2.35. The molecule has 1 N–H and O–H groups in total. The first-order chi connectivity index (χ1) is 6.49. The summed E-state index contributed by atoms with van der Waals surface area (Å²) in [5, 5.41) is 2.58. The highest BCUT2D eigenvalue weighted by atomic mass is 16.2. The van der Waals surface area contributed by atoms with Gasteiger partial charge in [-0.3, -0.25) is 14.4 Å². The van der Waals surface area contributed by atoms with E-state index in [1.165, 1.54) is 6.92 Å². The van der Waals surface area contributed by atoms with E-state index in [4.69, 9.17) is 0 Å². The van der Waals surface area contributed by atoms with E-state index < -0.39 is 17.9 Å². The predicted molar refractivity (Wildman–Crippen MR) is 50.6 cm³/mol. The molecule has 1 amide bonds. The maximum Gasteiger partial charge on any atom is 0.238 e. The van der Waals surface area contributed by atoms with Crippen molar-refractivity contribution in [1.29, 1.82) is 0 Å². The van der Waals surface area contributed by atoms with E-state index in [1.807, 2.05) is 13.8 Å². The van der Waals surface area contributed by atoms with E-state index in [0.29, 0.717) is 0 Å². The molecule has 78 valence electrons. The molecule has 3 atom stereocenters. The third kappa shape index (κ3) is 1.69. The summed E-state index contributed by atoms with van der Waals surface area (Å²) in [5.41, 5.74) is 0. The number of hydrogen-bond donors (Lipinski definition) is 1. The quantitative estimate of drug-likeness (QED) is 0.662. The molecule has 0 aromatic rings. The van der Waals surface area contributed by atoms with Gasteiger partial charge in [-0.1, -0.05) is 20.3 Å². The Kier molecular flexibility index (Phi) is 3.03. The van der Waals surface area contributed by atoms with E-state index in [-0.39, 0.29) is 17.5 Å². The minimum atomic E-state index is -1.06. The Morgan fingerprint density at radius 3 is 2.43 bits per heavy atom. The van der Waals surface area contributed by atoms with Crippen molar-refractivity contribution in [1.82, 2.24) is 5.32 Å². The minimum absolute atomic E-state index is 0.0933. The standard InChI is InChI=1S/C10H15NO3/c1-4-5(2)8-9(13)7(6(3)12)10(14)11-8/h5,7-8H,4H2,1-3H3,(H,11,14)/t5-,7+,8-/m0/s1. The molecule has 0 aromatic carbocycles. The Labute approximate surface area is 83.1 Å². The van der Waals surface area contributed by atoms with Crippen LogP contribution in [0.3, 0.4) is 0 Å². The molecule has 14 heavy (non-hydrogen) atoms. The van der Waals surface area contributed by atoms with Gasteiger partial charge in [-0.15, -0.1) is 0 Å². The van der Waals surface area contributed by atoms with Crippen molar-refractivity contribution in [2.75, 3.05) is 0 Å². The SMILES string of the molecule is CC[C@H](C)[C@@H]1NC(=O)[C@H](C(C)=O)C1=O. The second kappa shape index (κ2) is 3.90. The van der Waals surface area contributed by atoms with E-state index in [9.17, 15) is 14.4 Å². The van der Waals surface area contributed by atoms with Crippen LogP contribution < -0.4 is 5.32 Å². The van der Waals surface area contributed by atoms with E-state index >= 15 is 0 Å². The summed E-state index contributed by atoms with van der Waals surface area (Å²) in [6.07, 6.45) is 0.807. The molecule has 0 aliphatic carbocycles. The summed E-state index contributed by atoms with van der Waals surface area (Å²) in [4.78, 5) is 34.0. The van der Waals surface area contributed by atoms with Crippen molar-refractivity contribution < 1.29 is 14.4 Å². The molecule has 1 saturated heterocycles. The van der Waals surface area contributed by atoms with Gasteiger partial charge in [0.1, 0.15) is 5.78 Å². The lowest BCUT2D eigenvalue weighted by Gasteiger charge is -2.15. The molecule has 0 aromatic heterocycles. The molecule has 4 nitrogen and oxygen atoms in total. The fourth-order valence-corrected chi connectivity index (χ4v) is 1.66. The molecular weight excluding hydrogens is 182 g/mol. The number of rotatable bonds is 3. The summed E-state index contributed by atoms with van der Waals surface area (Å²) >= 11 is 0. The van der Waals surface area contributed by atoms with Gasteiger partial charge >= 0.3 is 0 Å². The third-order valence-corrected chi connectivity index (χ3v) is 2.77. The third-order valence-electron chi connectivity index (χ3n) is 2.77. The first kappa shape index (κ1) is 10.9. The first-order valence-electron chi connectivity index (χ1n) is 4.83. The summed E-state index contributed by atoms with van der Waals surface area (Å²) in [6, 6.07) is -0.471. The molecule has 0 bridgehead atoms. The molecule has 1 aliphatic heterocycles.